The van der Waals surface area contributed by atoms with E-state index in [1.165, 1.54) is 48.2 Å². The molecule has 2 rings (SSSR count). The van der Waals surface area contributed by atoms with Gasteiger partial charge in [0.2, 0.25) is 0 Å². The molecular weight excluding hydrogens is 232 g/mol. The number of piperidine rings is 1. The smallest absolute Gasteiger partial charge is 0.0297 e. The van der Waals surface area contributed by atoms with Gasteiger partial charge >= 0.3 is 0 Å². The second kappa shape index (κ2) is 6.06. The van der Waals surface area contributed by atoms with Crippen molar-refractivity contribution >= 4 is 0 Å². The molecule has 1 N–H and O–H groups in total. The lowest BCUT2D eigenvalue weighted by Crippen LogP contribution is -2.44. The minimum absolute atomic E-state index is 0.441. The summed E-state index contributed by atoms with van der Waals surface area (Å²) in [6.07, 6.45) is 2.62. The third-order valence-electron chi connectivity index (χ3n) is 4.46. The predicted octanol–water partition coefficient (Wildman–Crippen LogP) is 3.36. The zero-order valence-corrected chi connectivity index (χ0v) is 13.1. The van der Waals surface area contributed by atoms with Crippen molar-refractivity contribution in [3.05, 3.63) is 34.4 Å². The molecule has 1 saturated heterocycles. The lowest BCUT2D eigenvalue weighted by Gasteiger charge is -2.33. The number of rotatable bonds is 3. The van der Waals surface area contributed by atoms with E-state index in [2.05, 4.69) is 57.1 Å². The molecule has 1 aliphatic rings. The minimum Gasteiger partial charge on any atom is -0.306 e. The Bertz CT molecular complexity index is 439. The summed E-state index contributed by atoms with van der Waals surface area (Å²) in [5.74, 6) is 0. The SMILES string of the molecule is Cc1cc(C)c(C(C)NC2CCCN(C)C2)cc1C. The van der Waals surface area contributed by atoms with Crippen LogP contribution in [-0.2, 0) is 0 Å². The largest absolute Gasteiger partial charge is 0.306 e. The van der Waals surface area contributed by atoms with E-state index in [9.17, 15) is 0 Å². The first kappa shape index (κ1) is 14.5. The average Bonchev–Trinajstić information content (AvgIpc) is 2.33. The summed E-state index contributed by atoms with van der Waals surface area (Å²) < 4.78 is 0. The molecule has 0 saturated carbocycles. The molecule has 0 amide bonds. The van der Waals surface area contributed by atoms with Gasteiger partial charge in [0, 0.05) is 18.6 Å². The van der Waals surface area contributed by atoms with Crippen LogP contribution in [0, 0.1) is 20.8 Å². The van der Waals surface area contributed by atoms with Gasteiger partial charge in [-0.1, -0.05) is 12.1 Å². The van der Waals surface area contributed by atoms with Crippen molar-refractivity contribution in [3.63, 3.8) is 0 Å². The Hall–Kier alpha value is -0.860. The average molecular weight is 260 g/mol. The highest BCUT2D eigenvalue weighted by Crippen LogP contribution is 2.23. The Balaban J connectivity index is 2.07. The number of aryl methyl sites for hydroxylation is 3. The van der Waals surface area contributed by atoms with Gasteiger partial charge in [-0.05, 0) is 76.4 Å². The molecular formula is C17H28N2. The molecule has 2 heteroatoms. The highest BCUT2D eigenvalue weighted by atomic mass is 15.1. The first-order valence-electron chi connectivity index (χ1n) is 7.49. The van der Waals surface area contributed by atoms with E-state index in [1.807, 2.05) is 0 Å². The van der Waals surface area contributed by atoms with Gasteiger partial charge in [-0.2, -0.15) is 0 Å². The number of benzene rings is 1. The normalized spacial score (nSPS) is 22.5. The fourth-order valence-electron chi connectivity index (χ4n) is 3.20. The maximum absolute atomic E-state index is 3.81. The van der Waals surface area contributed by atoms with Crippen molar-refractivity contribution in [2.75, 3.05) is 20.1 Å². The number of hydrogen-bond acceptors (Lipinski definition) is 2. The van der Waals surface area contributed by atoms with Gasteiger partial charge in [-0.15, -0.1) is 0 Å². The first-order chi connectivity index (χ1) is 8.97. The monoisotopic (exact) mass is 260 g/mol. The van der Waals surface area contributed by atoms with Crippen LogP contribution in [0.15, 0.2) is 12.1 Å². The molecule has 1 heterocycles. The van der Waals surface area contributed by atoms with Crippen LogP contribution in [0.5, 0.6) is 0 Å². The molecule has 1 aromatic rings. The summed E-state index contributed by atoms with van der Waals surface area (Å²) in [5.41, 5.74) is 5.66. The molecule has 0 bridgehead atoms. The molecule has 2 nitrogen and oxygen atoms in total. The lowest BCUT2D eigenvalue weighted by atomic mass is 9.95. The second-order valence-electron chi connectivity index (χ2n) is 6.28. The number of nitrogens with one attached hydrogen (secondary N) is 1. The summed E-state index contributed by atoms with van der Waals surface area (Å²) in [6.45, 7) is 11.3. The van der Waals surface area contributed by atoms with Crippen LogP contribution in [0.2, 0.25) is 0 Å². The van der Waals surface area contributed by atoms with Crippen molar-refractivity contribution in [3.8, 4) is 0 Å². The van der Waals surface area contributed by atoms with Gasteiger partial charge in [-0.25, -0.2) is 0 Å². The van der Waals surface area contributed by atoms with E-state index < -0.39 is 0 Å². The van der Waals surface area contributed by atoms with Crippen molar-refractivity contribution < 1.29 is 0 Å². The fraction of sp³-hybridized carbons (Fsp3) is 0.647. The zero-order chi connectivity index (χ0) is 14.0. The molecule has 1 fully saturated rings. The highest BCUT2D eigenvalue weighted by Gasteiger charge is 2.20. The Morgan fingerprint density at radius 1 is 1.16 bits per heavy atom. The van der Waals surface area contributed by atoms with E-state index in [-0.39, 0.29) is 0 Å². The van der Waals surface area contributed by atoms with E-state index in [0.717, 1.165) is 0 Å². The van der Waals surface area contributed by atoms with Crippen molar-refractivity contribution in [1.29, 1.82) is 0 Å². The third-order valence-corrected chi connectivity index (χ3v) is 4.46. The molecule has 0 radical (unpaired) electrons. The summed E-state index contributed by atoms with van der Waals surface area (Å²) in [4.78, 5) is 2.43. The minimum atomic E-state index is 0.441. The Morgan fingerprint density at radius 3 is 2.53 bits per heavy atom. The summed E-state index contributed by atoms with van der Waals surface area (Å²) in [6, 6.07) is 5.75. The van der Waals surface area contributed by atoms with Crippen molar-refractivity contribution in [2.24, 2.45) is 0 Å². The van der Waals surface area contributed by atoms with E-state index in [1.54, 1.807) is 0 Å². The summed E-state index contributed by atoms with van der Waals surface area (Å²) in [5, 5.41) is 3.81. The first-order valence-corrected chi connectivity index (χ1v) is 7.49. The molecule has 1 aromatic carbocycles. The molecule has 0 aliphatic carbocycles. The molecule has 2 unspecified atom stereocenters. The summed E-state index contributed by atoms with van der Waals surface area (Å²) in [7, 11) is 2.22. The van der Waals surface area contributed by atoms with Crippen LogP contribution in [0.3, 0.4) is 0 Å². The quantitative estimate of drug-likeness (QED) is 0.896. The van der Waals surface area contributed by atoms with Gasteiger partial charge in [0.1, 0.15) is 0 Å². The number of likely N-dealkylation sites (N-methyl/N-ethyl adjacent to an activating group) is 1. The fourth-order valence-corrected chi connectivity index (χ4v) is 3.20. The molecule has 2 atom stereocenters. The van der Waals surface area contributed by atoms with Crippen LogP contribution in [0.1, 0.15) is 48.1 Å². The Labute approximate surface area is 118 Å². The third kappa shape index (κ3) is 3.58. The summed E-state index contributed by atoms with van der Waals surface area (Å²) >= 11 is 0. The van der Waals surface area contributed by atoms with Gasteiger partial charge in [0.25, 0.3) is 0 Å². The van der Waals surface area contributed by atoms with Crippen molar-refractivity contribution in [1.82, 2.24) is 10.2 Å². The molecule has 1 aliphatic heterocycles. The lowest BCUT2D eigenvalue weighted by molar-refractivity contribution is 0.218. The van der Waals surface area contributed by atoms with Crippen LogP contribution in [-0.4, -0.2) is 31.1 Å². The Kier molecular flexibility index (Phi) is 4.64. The Morgan fingerprint density at radius 2 is 1.84 bits per heavy atom. The number of likely N-dealkylation sites (tertiary alicyclic amines) is 1. The maximum atomic E-state index is 3.81. The molecule has 0 aromatic heterocycles. The van der Waals surface area contributed by atoms with Crippen LogP contribution in [0.4, 0.5) is 0 Å². The highest BCUT2D eigenvalue weighted by molar-refractivity contribution is 5.38. The van der Waals surface area contributed by atoms with Gasteiger partial charge < -0.3 is 10.2 Å². The van der Waals surface area contributed by atoms with Crippen LogP contribution in [0.25, 0.3) is 0 Å². The predicted molar refractivity (Wildman–Crippen MR) is 82.7 cm³/mol. The second-order valence-corrected chi connectivity index (χ2v) is 6.28. The van der Waals surface area contributed by atoms with Gasteiger partial charge in [0.05, 0.1) is 0 Å². The van der Waals surface area contributed by atoms with Gasteiger partial charge in [0.15, 0.2) is 0 Å². The van der Waals surface area contributed by atoms with Gasteiger partial charge in [-0.3, -0.25) is 0 Å². The number of hydrogen-bond donors (Lipinski definition) is 1. The maximum Gasteiger partial charge on any atom is 0.0297 e. The van der Waals surface area contributed by atoms with Crippen molar-refractivity contribution in [2.45, 2.75) is 52.6 Å². The molecule has 19 heavy (non-hydrogen) atoms. The topological polar surface area (TPSA) is 15.3 Å². The molecule has 106 valence electrons. The zero-order valence-electron chi connectivity index (χ0n) is 13.1. The number of nitrogens with zero attached hydrogens (tertiary/aromatic N) is 1. The molecule has 0 spiro atoms. The van der Waals surface area contributed by atoms with Crippen LogP contribution < -0.4 is 5.32 Å². The van der Waals surface area contributed by atoms with E-state index in [0.29, 0.717) is 12.1 Å². The standard InChI is InChI=1S/C17H28N2/c1-12-9-14(3)17(10-13(12)2)15(4)18-16-7-6-8-19(5)11-16/h9-10,15-16,18H,6-8,11H2,1-5H3. The van der Waals surface area contributed by atoms with E-state index in [4.69, 9.17) is 0 Å². The van der Waals surface area contributed by atoms with E-state index >= 15 is 0 Å². The van der Waals surface area contributed by atoms with Crippen LogP contribution >= 0.6 is 0 Å².